The van der Waals surface area contributed by atoms with E-state index in [4.69, 9.17) is 0 Å². The summed E-state index contributed by atoms with van der Waals surface area (Å²) >= 11 is 0. The molecule has 0 fully saturated rings. The zero-order valence-electron chi connectivity index (χ0n) is 16.8. The molecule has 0 spiro atoms. The standard InChI is InChI=1S/C25H21FN2O2/c1-16-7-11-18(12-8-16)22-23(27-20-13-9-17(2)10-14-20)25(30)28(24(22)29)15-19-5-3-4-6-21(19)26/h3-14,27H,15H2,1-2H3. The van der Waals surface area contributed by atoms with Gasteiger partial charge in [0.1, 0.15) is 11.5 Å². The Bertz CT molecular complexity index is 1150. The van der Waals surface area contributed by atoms with E-state index in [1.54, 1.807) is 18.2 Å². The lowest BCUT2D eigenvalue weighted by atomic mass is 10.0. The molecule has 5 heteroatoms. The Hall–Kier alpha value is -3.73. The minimum Gasteiger partial charge on any atom is -0.350 e. The SMILES string of the molecule is Cc1ccc(NC2=C(c3ccc(C)cc3)C(=O)N(Cc3ccccc3F)C2=O)cc1. The highest BCUT2D eigenvalue weighted by atomic mass is 19.1. The van der Waals surface area contributed by atoms with Gasteiger partial charge >= 0.3 is 0 Å². The second-order valence-electron chi connectivity index (χ2n) is 7.39. The topological polar surface area (TPSA) is 49.4 Å². The summed E-state index contributed by atoms with van der Waals surface area (Å²) in [4.78, 5) is 27.6. The zero-order chi connectivity index (χ0) is 21.3. The summed E-state index contributed by atoms with van der Waals surface area (Å²) in [6, 6.07) is 21.1. The van der Waals surface area contributed by atoms with Crippen LogP contribution in [0.1, 0.15) is 22.3 Å². The monoisotopic (exact) mass is 400 g/mol. The largest absolute Gasteiger partial charge is 0.350 e. The molecular weight excluding hydrogens is 379 g/mol. The van der Waals surface area contributed by atoms with Gasteiger partial charge in [-0.05, 0) is 37.6 Å². The Labute approximate surface area is 174 Å². The van der Waals surface area contributed by atoms with Gasteiger partial charge in [-0.1, -0.05) is 65.7 Å². The molecule has 0 saturated carbocycles. The summed E-state index contributed by atoms with van der Waals surface area (Å²) in [6.07, 6.45) is 0. The third-order valence-corrected chi connectivity index (χ3v) is 5.12. The molecule has 1 aliphatic heterocycles. The van der Waals surface area contributed by atoms with E-state index in [1.807, 2.05) is 62.4 Å². The third kappa shape index (κ3) is 3.74. The van der Waals surface area contributed by atoms with Crippen LogP contribution < -0.4 is 5.32 Å². The normalized spacial score (nSPS) is 13.9. The zero-order valence-corrected chi connectivity index (χ0v) is 16.8. The first-order chi connectivity index (χ1) is 14.4. The fraction of sp³-hybridized carbons (Fsp3) is 0.120. The molecule has 1 aliphatic rings. The van der Waals surface area contributed by atoms with Crippen molar-refractivity contribution in [1.29, 1.82) is 0 Å². The Morgan fingerprint density at radius 3 is 2.03 bits per heavy atom. The van der Waals surface area contributed by atoms with Crippen LogP contribution in [-0.4, -0.2) is 16.7 Å². The minimum absolute atomic E-state index is 0.126. The molecule has 0 atom stereocenters. The van der Waals surface area contributed by atoms with E-state index >= 15 is 0 Å². The highest BCUT2D eigenvalue weighted by molar-refractivity contribution is 6.36. The molecule has 150 valence electrons. The molecule has 2 amide bonds. The smallest absolute Gasteiger partial charge is 0.278 e. The number of carbonyl (C=O) groups is 2. The molecule has 3 aromatic rings. The van der Waals surface area contributed by atoms with E-state index in [1.165, 1.54) is 6.07 Å². The van der Waals surface area contributed by atoms with Gasteiger partial charge in [0, 0.05) is 11.3 Å². The van der Waals surface area contributed by atoms with E-state index < -0.39 is 17.6 Å². The molecular formula is C25H21FN2O2. The number of carbonyl (C=O) groups excluding carboxylic acids is 2. The van der Waals surface area contributed by atoms with Crippen molar-refractivity contribution < 1.29 is 14.0 Å². The van der Waals surface area contributed by atoms with Gasteiger partial charge < -0.3 is 5.32 Å². The number of hydrogen-bond acceptors (Lipinski definition) is 3. The fourth-order valence-electron chi connectivity index (χ4n) is 3.40. The van der Waals surface area contributed by atoms with Gasteiger partial charge in [0.05, 0.1) is 12.1 Å². The van der Waals surface area contributed by atoms with Crippen LogP contribution in [0, 0.1) is 19.7 Å². The van der Waals surface area contributed by atoms with Crippen LogP contribution in [0.2, 0.25) is 0 Å². The first-order valence-corrected chi connectivity index (χ1v) is 9.68. The van der Waals surface area contributed by atoms with Crippen molar-refractivity contribution in [2.75, 3.05) is 5.32 Å². The van der Waals surface area contributed by atoms with Crippen LogP contribution >= 0.6 is 0 Å². The first-order valence-electron chi connectivity index (χ1n) is 9.68. The van der Waals surface area contributed by atoms with E-state index in [2.05, 4.69) is 5.32 Å². The summed E-state index contributed by atoms with van der Waals surface area (Å²) in [5, 5.41) is 3.12. The van der Waals surface area contributed by atoms with Crippen LogP contribution in [0.25, 0.3) is 5.57 Å². The third-order valence-electron chi connectivity index (χ3n) is 5.12. The van der Waals surface area contributed by atoms with Crippen molar-refractivity contribution in [2.45, 2.75) is 20.4 Å². The summed E-state index contributed by atoms with van der Waals surface area (Å²) in [7, 11) is 0. The Morgan fingerprint density at radius 1 is 0.800 bits per heavy atom. The van der Waals surface area contributed by atoms with Gasteiger partial charge in [-0.25, -0.2) is 4.39 Å². The quantitative estimate of drug-likeness (QED) is 0.624. The van der Waals surface area contributed by atoms with Crippen LogP contribution in [0.15, 0.2) is 78.5 Å². The molecule has 0 saturated heterocycles. The summed E-state index contributed by atoms with van der Waals surface area (Å²) in [5.74, 6) is -1.36. The van der Waals surface area contributed by atoms with Crippen molar-refractivity contribution in [1.82, 2.24) is 4.90 Å². The molecule has 3 aromatic carbocycles. The lowest BCUT2D eigenvalue weighted by molar-refractivity contribution is -0.137. The number of anilines is 1. The molecule has 1 heterocycles. The highest BCUT2D eigenvalue weighted by Crippen LogP contribution is 2.32. The fourth-order valence-corrected chi connectivity index (χ4v) is 3.40. The summed E-state index contributed by atoms with van der Waals surface area (Å²) in [5.41, 5.74) is 4.26. The van der Waals surface area contributed by atoms with Gasteiger partial charge in [-0.15, -0.1) is 0 Å². The number of amides is 2. The van der Waals surface area contributed by atoms with Crippen LogP contribution in [0.4, 0.5) is 10.1 Å². The summed E-state index contributed by atoms with van der Waals surface area (Å²) < 4.78 is 14.2. The Kier molecular flexibility index (Phi) is 5.19. The molecule has 0 bridgehead atoms. The summed E-state index contributed by atoms with van der Waals surface area (Å²) in [6.45, 7) is 3.80. The predicted molar refractivity (Wildman–Crippen MR) is 115 cm³/mol. The molecule has 0 aliphatic carbocycles. The molecule has 30 heavy (non-hydrogen) atoms. The van der Waals surface area contributed by atoms with Crippen LogP contribution in [-0.2, 0) is 16.1 Å². The lowest BCUT2D eigenvalue weighted by Gasteiger charge is -2.16. The van der Waals surface area contributed by atoms with Gasteiger partial charge in [-0.3, -0.25) is 14.5 Å². The molecule has 4 rings (SSSR count). The highest BCUT2D eigenvalue weighted by Gasteiger charge is 2.39. The Morgan fingerprint density at radius 2 is 1.40 bits per heavy atom. The number of imide groups is 1. The molecule has 4 nitrogen and oxygen atoms in total. The van der Waals surface area contributed by atoms with Gasteiger partial charge in [0.15, 0.2) is 0 Å². The average Bonchev–Trinajstić information content (AvgIpc) is 2.96. The first kappa shape index (κ1) is 19.6. The predicted octanol–water partition coefficient (Wildman–Crippen LogP) is 4.83. The number of benzene rings is 3. The van der Waals surface area contributed by atoms with E-state index in [0.717, 1.165) is 16.0 Å². The second kappa shape index (κ2) is 7.95. The number of nitrogens with one attached hydrogen (secondary N) is 1. The second-order valence-corrected chi connectivity index (χ2v) is 7.39. The number of hydrogen-bond donors (Lipinski definition) is 1. The molecule has 0 unspecified atom stereocenters. The number of halogens is 1. The maximum Gasteiger partial charge on any atom is 0.278 e. The van der Waals surface area contributed by atoms with Crippen molar-refractivity contribution >= 4 is 23.1 Å². The Balaban J connectivity index is 1.74. The van der Waals surface area contributed by atoms with Crippen molar-refractivity contribution in [3.05, 3.63) is 107 Å². The molecule has 0 radical (unpaired) electrons. The molecule has 0 aromatic heterocycles. The molecule has 1 N–H and O–H groups in total. The van der Waals surface area contributed by atoms with E-state index in [-0.39, 0.29) is 17.8 Å². The van der Waals surface area contributed by atoms with E-state index in [0.29, 0.717) is 16.8 Å². The number of nitrogens with zero attached hydrogens (tertiary/aromatic N) is 1. The number of rotatable bonds is 5. The lowest BCUT2D eigenvalue weighted by Crippen LogP contribution is -2.32. The number of aryl methyl sites for hydroxylation is 2. The van der Waals surface area contributed by atoms with Crippen molar-refractivity contribution in [3.63, 3.8) is 0 Å². The van der Waals surface area contributed by atoms with Gasteiger partial charge in [-0.2, -0.15) is 0 Å². The van der Waals surface area contributed by atoms with Gasteiger partial charge in [0.2, 0.25) is 0 Å². The maximum absolute atomic E-state index is 14.2. The van der Waals surface area contributed by atoms with Crippen molar-refractivity contribution in [3.8, 4) is 0 Å². The van der Waals surface area contributed by atoms with Crippen LogP contribution in [0.5, 0.6) is 0 Å². The van der Waals surface area contributed by atoms with Crippen molar-refractivity contribution in [2.24, 2.45) is 0 Å². The maximum atomic E-state index is 14.2. The minimum atomic E-state index is -0.473. The average molecular weight is 400 g/mol. The van der Waals surface area contributed by atoms with Gasteiger partial charge in [0.25, 0.3) is 11.8 Å². The van der Waals surface area contributed by atoms with Crippen LogP contribution in [0.3, 0.4) is 0 Å². The van der Waals surface area contributed by atoms with E-state index in [9.17, 15) is 14.0 Å².